The lowest BCUT2D eigenvalue weighted by molar-refractivity contribution is 0.640. The molecule has 0 unspecified atom stereocenters. The Hall–Kier alpha value is 8.16. The van der Waals surface area contributed by atoms with Gasteiger partial charge in [-0.2, -0.15) is 0 Å². The lowest BCUT2D eigenvalue weighted by Gasteiger charge is -2.55. The fourth-order valence-corrected chi connectivity index (χ4v) is 15.2. The van der Waals surface area contributed by atoms with Gasteiger partial charge in [-0.05, 0) is 0 Å². The van der Waals surface area contributed by atoms with Crippen LogP contribution in [0.15, 0.2) is 0 Å². The van der Waals surface area contributed by atoms with Gasteiger partial charge in [0.1, 0.15) is 21.0 Å². The van der Waals surface area contributed by atoms with Gasteiger partial charge < -0.3 is 0 Å². The van der Waals surface area contributed by atoms with Crippen molar-refractivity contribution in [1.82, 2.24) is 0 Å². The average Bonchev–Trinajstić information content (AvgIpc) is 2.34. The molecule has 17 heteroatoms. The number of rotatable bonds is 5. The monoisotopic (exact) mass is 1440 g/mol. The predicted octanol–water partition coefficient (Wildman–Crippen LogP) is 13.0. The smallest absolute Gasteiger partial charge is 0.0775 e. The first kappa shape index (κ1) is 33.2. The van der Waals surface area contributed by atoms with Crippen LogP contribution in [0.4, 0.5) is 0 Å². The zero-order valence-corrected chi connectivity index (χ0v) is 37.4. The number of hydrogen-bond acceptors (Lipinski definition) is 0. The van der Waals surface area contributed by atoms with E-state index in [4.69, 9.17) is 0 Å². The molecule has 25 heavy (non-hydrogen) atoms. The highest BCUT2D eigenvalue weighted by Gasteiger charge is 2.74. The van der Waals surface area contributed by atoms with E-state index in [-0.39, 0.29) is 0 Å². The summed E-state index contributed by atoms with van der Waals surface area (Å²) in [6, 6.07) is 0. The van der Waals surface area contributed by atoms with Crippen molar-refractivity contribution in [2.24, 2.45) is 0 Å². The fraction of sp³-hybridized carbons (Fsp3) is 0.875. The summed E-state index contributed by atoms with van der Waals surface area (Å²) in [4.78, 5) is 0.734. The number of halogens is 17. The van der Waals surface area contributed by atoms with Crippen molar-refractivity contribution >= 4 is 271 Å². The first-order chi connectivity index (χ1) is 10.4. The molecule has 0 bridgehead atoms. The van der Waals surface area contributed by atoms with Crippen LogP contribution in [0, 0.1) is 4.83 Å². The predicted molar refractivity (Wildman–Crippen MR) is 174 cm³/mol. The van der Waals surface area contributed by atoms with Crippen molar-refractivity contribution in [3.63, 3.8) is 0 Å². The molecule has 0 aromatic rings. The molecule has 0 N–H and O–H groups in total. The maximum atomic E-state index is 3.79. The third-order valence-corrected chi connectivity index (χ3v) is 32.5. The van der Waals surface area contributed by atoms with Crippen molar-refractivity contribution in [2.45, 2.75) is 20.5 Å². The van der Waals surface area contributed by atoms with Crippen LogP contribution in [-0.2, 0) is 0 Å². The summed E-state index contributed by atoms with van der Waals surface area (Å²) in [5, 5.41) is 0. The molecule has 0 saturated carbocycles. The largest absolute Gasteiger partial charge is 0.162 e. The quantitative estimate of drug-likeness (QED) is 0.241. The molecule has 0 amide bonds. The van der Waals surface area contributed by atoms with E-state index in [1.54, 1.807) is 0 Å². The van der Waals surface area contributed by atoms with Crippen molar-refractivity contribution in [3.8, 4) is 0 Å². The summed E-state index contributed by atoms with van der Waals surface area (Å²) in [7, 11) is 0. The Morgan fingerprint density at radius 1 is 0.400 bits per heavy atom. The maximum absolute atomic E-state index is 3.79. The normalized spacial score (nSPS) is 16.6. The molecule has 0 aliphatic heterocycles. The van der Waals surface area contributed by atoms with Gasteiger partial charge in [0.15, 0.2) is 4.29 Å². The van der Waals surface area contributed by atoms with Gasteiger partial charge in [0, 0.05) is 0 Å². The molecule has 0 aromatic heterocycles. The van der Waals surface area contributed by atoms with E-state index in [2.05, 4.69) is 271 Å². The molecule has 0 atom stereocenters. The van der Waals surface area contributed by atoms with Crippen LogP contribution >= 0.6 is 271 Å². The highest BCUT2D eigenvalue weighted by molar-refractivity contribution is 9.42. The SMILES string of the molecule is Br[C](C(Br)(Br)Br)C(Br)(Br)C(Br)(Br)C(Br)(Br)C(Br)(Br)C(Br)(Br)C(Br)(Br)Br. The minimum absolute atomic E-state index is 0.700. The topological polar surface area (TPSA) is 0 Å². The van der Waals surface area contributed by atoms with E-state index in [1.165, 1.54) is 0 Å². The Kier molecular flexibility index (Phi) is 14.7. The second kappa shape index (κ2) is 11.0. The van der Waals surface area contributed by atoms with Gasteiger partial charge in [-0.25, -0.2) is 0 Å². The molecule has 1 radical (unpaired) electrons. The van der Waals surface area contributed by atoms with Crippen LogP contribution in [-0.4, -0.2) is 20.5 Å². The van der Waals surface area contributed by atoms with Gasteiger partial charge in [-0.15, -0.1) is 0 Å². The van der Waals surface area contributed by atoms with E-state index in [9.17, 15) is 0 Å². The number of alkyl halides is 16. The zero-order valence-electron chi connectivity index (χ0n) is 10.4. The van der Waals surface area contributed by atoms with E-state index >= 15 is 0 Å². The van der Waals surface area contributed by atoms with Crippen LogP contribution in [0.3, 0.4) is 0 Å². The summed E-state index contributed by atoms with van der Waals surface area (Å²) in [5.41, 5.74) is 0. The Balaban J connectivity index is 6.40. The van der Waals surface area contributed by atoms with Crippen molar-refractivity contribution in [3.05, 3.63) is 4.83 Å². The lowest BCUT2D eigenvalue weighted by Crippen LogP contribution is -2.64. The van der Waals surface area contributed by atoms with Crippen molar-refractivity contribution in [1.29, 1.82) is 0 Å². The summed E-state index contributed by atoms with van der Waals surface area (Å²) >= 11 is 62.3. The Bertz CT molecular complexity index is 478. The minimum Gasteiger partial charge on any atom is -0.0775 e. The Morgan fingerprint density at radius 3 is 0.920 bits per heavy atom. The maximum Gasteiger partial charge on any atom is 0.162 e. The number of hydrogen-bond donors (Lipinski definition) is 0. The molecule has 0 spiro atoms. The highest BCUT2D eigenvalue weighted by atomic mass is 80.0. The van der Waals surface area contributed by atoms with Crippen LogP contribution in [0.1, 0.15) is 0 Å². The molecule has 151 valence electrons. The van der Waals surface area contributed by atoms with E-state index < -0.39 is 20.5 Å². The van der Waals surface area contributed by atoms with Crippen LogP contribution in [0.5, 0.6) is 0 Å². The summed E-state index contributed by atoms with van der Waals surface area (Å²) in [5.74, 6) is 0. The molecule has 0 aliphatic rings. The van der Waals surface area contributed by atoms with Gasteiger partial charge >= 0.3 is 0 Å². The Morgan fingerprint density at radius 2 is 0.680 bits per heavy atom. The van der Waals surface area contributed by atoms with Gasteiger partial charge in [-0.1, -0.05) is 271 Å². The molecule has 0 heterocycles. The third-order valence-electron chi connectivity index (χ3n) is 2.46. The molecule has 0 nitrogen and oxygen atoms in total. The van der Waals surface area contributed by atoms with Crippen molar-refractivity contribution in [2.75, 3.05) is 0 Å². The first-order valence-corrected chi connectivity index (χ1v) is 18.4. The van der Waals surface area contributed by atoms with E-state index in [0.29, 0.717) is 0 Å². The molecule has 0 rings (SSSR count). The molecule has 0 fully saturated rings. The van der Waals surface area contributed by atoms with Gasteiger partial charge in [0.25, 0.3) is 0 Å². The Labute approximate surface area is 289 Å². The second-order valence-electron chi connectivity index (χ2n) is 4.18. The molecular weight excluding hydrogens is 1450 g/mol. The van der Waals surface area contributed by atoms with E-state index in [1.807, 2.05) is 0 Å². The van der Waals surface area contributed by atoms with Crippen LogP contribution in [0.25, 0.3) is 0 Å². The highest BCUT2D eigenvalue weighted by Crippen LogP contribution is 2.76. The second-order valence-corrected chi connectivity index (χ2v) is 35.7. The fourth-order valence-electron chi connectivity index (χ4n) is 1.09. The summed E-state index contributed by atoms with van der Waals surface area (Å²) in [6.07, 6.45) is 0. The molecule has 0 aliphatic carbocycles. The standard InChI is InChI=1S/C8Br17/c9-1(3(12,13)14)2(10,11)4(15,16)5(17,18)6(19,20)7(21,22)8(23,24)25. The summed E-state index contributed by atoms with van der Waals surface area (Å²) in [6.45, 7) is 0. The average molecular weight is 1450 g/mol. The molecule has 0 saturated heterocycles. The van der Waals surface area contributed by atoms with Gasteiger partial charge in [-0.3, -0.25) is 0 Å². The van der Waals surface area contributed by atoms with Crippen molar-refractivity contribution < 1.29 is 0 Å². The first-order valence-electron chi connectivity index (χ1n) is 4.96. The van der Waals surface area contributed by atoms with Gasteiger partial charge in [0.2, 0.25) is 0 Å². The van der Waals surface area contributed by atoms with Gasteiger partial charge in [0.05, 0.1) is 0 Å². The summed E-state index contributed by atoms with van der Waals surface area (Å²) < 4.78 is -5.91. The van der Waals surface area contributed by atoms with Crippen LogP contribution < -0.4 is 0 Å². The molecular formula is C8Br17. The lowest BCUT2D eigenvalue weighted by atomic mass is 10.1. The molecule has 0 aromatic carbocycles. The minimum atomic E-state index is -0.933. The zero-order chi connectivity index (χ0) is 21.1. The van der Waals surface area contributed by atoms with E-state index in [0.717, 1.165) is 4.83 Å². The van der Waals surface area contributed by atoms with Crippen LogP contribution in [0.2, 0.25) is 0 Å². The third kappa shape index (κ3) is 6.89.